The van der Waals surface area contributed by atoms with Crippen molar-refractivity contribution in [3.05, 3.63) is 53.3 Å². The van der Waals surface area contributed by atoms with Crippen molar-refractivity contribution in [3.63, 3.8) is 0 Å². The molecular formula is C14H8F4N2O. The van der Waals surface area contributed by atoms with Gasteiger partial charge in [-0.1, -0.05) is 0 Å². The first kappa shape index (κ1) is 14.7. The highest BCUT2D eigenvalue weighted by Gasteiger charge is 2.31. The normalized spacial score (nSPS) is 11.0. The Morgan fingerprint density at radius 3 is 2.29 bits per heavy atom. The van der Waals surface area contributed by atoms with Crippen molar-refractivity contribution in [1.82, 2.24) is 0 Å². The van der Waals surface area contributed by atoms with Crippen molar-refractivity contribution in [2.24, 2.45) is 0 Å². The first-order valence-electron chi connectivity index (χ1n) is 5.65. The molecule has 21 heavy (non-hydrogen) atoms. The zero-order valence-corrected chi connectivity index (χ0v) is 10.4. The van der Waals surface area contributed by atoms with Crippen LogP contribution in [0.1, 0.15) is 11.1 Å². The summed E-state index contributed by atoms with van der Waals surface area (Å²) >= 11 is 0. The van der Waals surface area contributed by atoms with Crippen LogP contribution < -0.4 is 10.5 Å². The predicted molar refractivity (Wildman–Crippen MR) is 67.0 cm³/mol. The number of nitrogen functional groups attached to an aromatic ring is 1. The SMILES string of the molecule is N#Cc1cc(C(F)(F)F)ccc1Oc1ccc(F)cc1N. The predicted octanol–water partition coefficient (Wildman–Crippen LogP) is 4.09. The zero-order chi connectivity index (χ0) is 15.6. The van der Waals surface area contributed by atoms with Crippen LogP contribution in [-0.4, -0.2) is 0 Å². The van der Waals surface area contributed by atoms with Crippen LogP contribution in [0.3, 0.4) is 0 Å². The monoisotopic (exact) mass is 296 g/mol. The standard InChI is InChI=1S/C14H8F4N2O/c15-10-2-4-13(11(20)6-10)21-12-3-1-9(14(16,17)18)5-8(12)7-19/h1-6H,20H2. The molecule has 2 rings (SSSR count). The molecule has 0 aromatic heterocycles. The molecule has 0 aliphatic heterocycles. The van der Waals surface area contributed by atoms with Crippen LogP contribution in [0, 0.1) is 17.1 Å². The highest BCUT2D eigenvalue weighted by molar-refractivity contribution is 5.56. The molecule has 108 valence electrons. The summed E-state index contributed by atoms with van der Waals surface area (Å²) in [6.45, 7) is 0. The van der Waals surface area contributed by atoms with Crippen molar-refractivity contribution in [1.29, 1.82) is 5.26 Å². The Hall–Kier alpha value is -2.75. The molecule has 7 heteroatoms. The summed E-state index contributed by atoms with van der Waals surface area (Å²) in [7, 11) is 0. The van der Waals surface area contributed by atoms with E-state index in [0.29, 0.717) is 6.07 Å². The van der Waals surface area contributed by atoms with Gasteiger partial charge < -0.3 is 10.5 Å². The van der Waals surface area contributed by atoms with E-state index in [9.17, 15) is 17.6 Å². The molecule has 0 fully saturated rings. The van der Waals surface area contributed by atoms with E-state index < -0.39 is 17.6 Å². The highest BCUT2D eigenvalue weighted by Crippen LogP contribution is 2.35. The molecule has 0 heterocycles. The van der Waals surface area contributed by atoms with E-state index >= 15 is 0 Å². The summed E-state index contributed by atoms with van der Waals surface area (Å²) in [6.07, 6.45) is -4.56. The van der Waals surface area contributed by atoms with Crippen LogP contribution in [-0.2, 0) is 6.18 Å². The van der Waals surface area contributed by atoms with Crippen LogP contribution in [0.2, 0.25) is 0 Å². The van der Waals surface area contributed by atoms with E-state index in [1.807, 2.05) is 0 Å². The van der Waals surface area contributed by atoms with Gasteiger partial charge in [0.1, 0.15) is 17.6 Å². The van der Waals surface area contributed by atoms with Crippen LogP contribution in [0.5, 0.6) is 11.5 Å². The Labute approximate surface area is 117 Å². The lowest BCUT2D eigenvalue weighted by atomic mass is 10.1. The van der Waals surface area contributed by atoms with Crippen LogP contribution in [0.4, 0.5) is 23.2 Å². The van der Waals surface area contributed by atoms with Crippen LogP contribution >= 0.6 is 0 Å². The minimum absolute atomic E-state index is 0.0289. The first-order valence-corrected chi connectivity index (χ1v) is 5.65. The number of nitrogens with zero attached hydrogens (tertiary/aromatic N) is 1. The lowest BCUT2D eigenvalue weighted by molar-refractivity contribution is -0.137. The second-order valence-corrected chi connectivity index (χ2v) is 4.10. The molecule has 0 amide bonds. The van der Waals surface area contributed by atoms with Gasteiger partial charge in [-0.25, -0.2) is 4.39 Å². The van der Waals surface area contributed by atoms with Crippen molar-refractivity contribution in [3.8, 4) is 17.6 Å². The number of hydrogen-bond donors (Lipinski definition) is 1. The van der Waals surface area contributed by atoms with Gasteiger partial charge in [0.15, 0.2) is 5.75 Å². The summed E-state index contributed by atoms with van der Waals surface area (Å²) in [5.41, 5.74) is 4.25. The summed E-state index contributed by atoms with van der Waals surface area (Å²) in [5, 5.41) is 8.91. The van der Waals surface area contributed by atoms with E-state index in [4.69, 9.17) is 15.7 Å². The number of alkyl halides is 3. The molecule has 0 saturated carbocycles. The van der Waals surface area contributed by atoms with E-state index in [-0.39, 0.29) is 22.7 Å². The molecule has 0 aliphatic carbocycles. The number of rotatable bonds is 2. The molecule has 0 saturated heterocycles. The third-order valence-corrected chi connectivity index (χ3v) is 2.62. The summed E-state index contributed by atoms with van der Waals surface area (Å²) < 4.78 is 55.9. The number of halogens is 4. The molecule has 0 aliphatic rings. The molecular weight excluding hydrogens is 288 g/mol. The third-order valence-electron chi connectivity index (χ3n) is 2.62. The van der Waals surface area contributed by atoms with Gasteiger partial charge in [0.05, 0.1) is 16.8 Å². The number of benzene rings is 2. The number of ether oxygens (including phenoxy) is 1. The molecule has 2 aromatic carbocycles. The average Bonchev–Trinajstić information content (AvgIpc) is 2.41. The van der Waals surface area contributed by atoms with Crippen molar-refractivity contribution in [2.45, 2.75) is 6.18 Å². The Kier molecular flexibility index (Phi) is 3.72. The fraction of sp³-hybridized carbons (Fsp3) is 0.0714. The van der Waals surface area contributed by atoms with E-state index in [1.165, 1.54) is 6.07 Å². The fourth-order valence-electron chi connectivity index (χ4n) is 1.61. The lowest BCUT2D eigenvalue weighted by Gasteiger charge is -2.12. The van der Waals surface area contributed by atoms with Crippen molar-refractivity contribution >= 4 is 5.69 Å². The fourth-order valence-corrected chi connectivity index (χ4v) is 1.61. The summed E-state index contributed by atoms with van der Waals surface area (Å²) in [6, 6.07) is 7.42. The van der Waals surface area contributed by atoms with E-state index in [2.05, 4.69) is 0 Å². The van der Waals surface area contributed by atoms with Gasteiger partial charge in [0.25, 0.3) is 0 Å². The molecule has 0 spiro atoms. The first-order chi connectivity index (χ1) is 9.81. The van der Waals surface area contributed by atoms with E-state index in [0.717, 1.165) is 24.3 Å². The Balaban J connectivity index is 2.39. The topological polar surface area (TPSA) is 59.0 Å². The van der Waals surface area contributed by atoms with Crippen LogP contribution in [0.25, 0.3) is 0 Å². The molecule has 2 N–H and O–H groups in total. The maximum atomic E-state index is 12.9. The van der Waals surface area contributed by atoms with Gasteiger partial charge in [-0.05, 0) is 30.3 Å². The number of nitriles is 1. The zero-order valence-electron chi connectivity index (χ0n) is 10.4. The number of nitrogens with two attached hydrogens (primary N) is 1. The van der Waals surface area contributed by atoms with Crippen molar-refractivity contribution < 1.29 is 22.3 Å². The summed E-state index contributed by atoms with van der Waals surface area (Å²) in [5.74, 6) is -0.621. The minimum atomic E-state index is -4.56. The maximum absolute atomic E-state index is 12.9. The van der Waals surface area contributed by atoms with Crippen LogP contribution in [0.15, 0.2) is 36.4 Å². The van der Waals surface area contributed by atoms with Gasteiger partial charge in [-0.2, -0.15) is 18.4 Å². The van der Waals surface area contributed by atoms with Gasteiger partial charge >= 0.3 is 6.18 Å². The molecule has 3 nitrogen and oxygen atoms in total. The quantitative estimate of drug-likeness (QED) is 0.670. The van der Waals surface area contributed by atoms with E-state index in [1.54, 1.807) is 6.07 Å². The number of anilines is 1. The molecule has 0 radical (unpaired) electrons. The smallest absolute Gasteiger partial charge is 0.416 e. The van der Waals surface area contributed by atoms with Gasteiger partial charge in [-0.15, -0.1) is 0 Å². The second-order valence-electron chi connectivity index (χ2n) is 4.10. The maximum Gasteiger partial charge on any atom is 0.416 e. The number of hydrogen-bond acceptors (Lipinski definition) is 3. The van der Waals surface area contributed by atoms with Gasteiger partial charge in [-0.3, -0.25) is 0 Å². The largest absolute Gasteiger partial charge is 0.454 e. The third kappa shape index (κ3) is 3.23. The Bertz CT molecular complexity index is 720. The van der Waals surface area contributed by atoms with Crippen molar-refractivity contribution in [2.75, 3.05) is 5.73 Å². The second kappa shape index (κ2) is 5.32. The molecule has 0 unspecified atom stereocenters. The molecule has 0 bridgehead atoms. The summed E-state index contributed by atoms with van der Waals surface area (Å²) in [4.78, 5) is 0. The highest BCUT2D eigenvalue weighted by atomic mass is 19.4. The lowest BCUT2D eigenvalue weighted by Crippen LogP contribution is -2.05. The molecule has 2 aromatic rings. The average molecular weight is 296 g/mol. The molecule has 0 atom stereocenters. The van der Waals surface area contributed by atoms with Gasteiger partial charge in [0, 0.05) is 6.07 Å². The minimum Gasteiger partial charge on any atom is -0.454 e. The van der Waals surface area contributed by atoms with Gasteiger partial charge in [0.2, 0.25) is 0 Å². The Morgan fingerprint density at radius 2 is 1.71 bits per heavy atom. The Morgan fingerprint density at radius 1 is 1.05 bits per heavy atom.